The first kappa shape index (κ1) is 9.36. The van der Waals surface area contributed by atoms with Crippen LogP contribution in [0.1, 0.15) is 22.5 Å². The summed E-state index contributed by atoms with van der Waals surface area (Å²) in [6, 6.07) is 1.49. The van der Waals surface area contributed by atoms with E-state index in [4.69, 9.17) is 10.8 Å². The first-order valence-electron chi connectivity index (χ1n) is 3.84. The van der Waals surface area contributed by atoms with Gasteiger partial charge in [0.25, 0.3) is 0 Å². The number of hydrogen-bond acceptors (Lipinski definition) is 2. The van der Waals surface area contributed by atoms with E-state index < -0.39 is 5.97 Å². The van der Waals surface area contributed by atoms with Gasteiger partial charge in [-0.1, -0.05) is 11.8 Å². The molecule has 13 heavy (non-hydrogen) atoms. The van der Waals surface area contributed by atoms with Crippen molar-refractivity contribution in [3.8, 4) is 11.8 Å². The monoisotopic (exact) mass is 178 g/mol. The normalized spacial score (nSPS) is 9.00. The molecule has 0 aliphatic carbocycles. The van der Waals surface area contributed by atoms with Crippen molar-refractivity contribution in [2.45, 2.75) is 6.42 Å². The Labute approximate surface area is 75.8 Å². The molecule has 0 aromatic carbocycles. The maximum absolute atomic E-state index is 10.4. The van der Waals surface area contributed by atoms with E-state index in [1.807, 2.05) is 0 Å². The number of aromatic nitrogens is 1. The number of nitrogens with two attached hydrogens (primary N) is 1. The van der Waals surface area contributed by atoms with E-state index in [2.05, 4.69) is 16.8 Å². The highest BCUT2D eigenvalue weighted by Crippen LogP contribution is 2.01. The van der Waals surface area contributed by atoms with Gasteiger partial charge in [-0.3, -0.25) is 0 Å². The summed E-state index contributed by atoms with van der Waals surface area (Å²) in [7, 11) is 0. The summed E-state index contributed by atoms with van der Waals surface area (Å²) in [6.07, 6.45) is 2.18. The molecule has 0 aliphatic rings. The molecule has 68 valence electrons. The lowest BCUT2D eigenvalue weighted by atomic mass is 10.3. The van der Waals surface area contributed by atoms with E-state index >= 15 is 0 Å². The Bertz CT molecular complexity index is 357. The van der Waals surface area contributed by atoms with Crippen molar-refractivity contribution < 1.29 is 9.90 Å². The molecule has 0 spiro atoms. The van der Waals surface area contributed by atoms with Crippen molar-refractivity contribution in [1.82, 2.24) is 4.98 Å². The van der Waals surface area contributed by atoms with Crippen molar-refractivity contribution >= 4 is 5.97 Å². The molecule has 0 amide bonds. The number of nitrogens with one attached hydrogen (secondary N) is 1. The highest BCUT2D eigenvalue weighted by atomic mass is 16.4. The summed E-state index contributed by atoms with van der Waals surface area (Å²) in [4.78, 5) is 13.0. The van der Waals surface area contributed by atoms with Crippen molar-refractivity contribution in [2.75, 3.05) is 6.54 Å². The fourth-order valence-corrected chi connectivity index (χ4v) is 0.827. The van der Waals surface area contributed by atoms with Crippen LogP contribution in [0.5, 0.6) is 0 Å². The summed E-state index contributed by atoms with van der Waals surface area (Å²) in [6.45, 7) is 0.517. The first-order chi connectivity index (χ1) is 6.24. The molecule has 0 aliphatic heterocycles. The highest BCUT2D eigenvalue weighted by molar-refractivity contribution is 5.86. The highest BCUT2D eigenvalue weighted by Gasteiger charge is 2.03. The van der Waals surface area contributed by atoms with Gasteiger partial charge in [0.2, 0.25) is 0 Å². The number of aromatic amines is 1. The fourth-order valence-electron chi connectivity index (χ4n) is 0.827. The molecule has 4 nitrogen and oxygen atoms in total. The molecule has 0 unspecified atom stereocenters. The van der Waals surface area contributed by atoms with Gasteiger partial charge in [-0.2, -0.15) is 0 Å². The minimum Gasteiger partial charge on any atom is -0.477 e. The minimum atomic E-state index is -0.980. The van der Waals surface area contributed by atoms with E-state index in [0.717, 1.165) is 0 Å². The van der Waals surface area contributed by atoms with Crippen LogP contribution in [0.2, 0.25) is 0 Å². The molecule has 1 rings (SSSR count). The second-order valence-electron chi connectivity index (χ2n) is 2.45. The molecular formula is C9H10N2O2. The zero-order chi connectivity index (χ0) is 9.68. The van der Waals surface area contributed by atoms with Gasteiger partial charge in [0.15, 0.2) is 0 Å². The van der Waals surface area contributed by atoms with Crippen molar-refractivity contribution in [3.05, 3.63) is 23.5 Å². The molecular weight excluding hydrogens is 168 g/mol. The Morgan fingerprint density at radius 3 is 3.00 bits per heavy atom. The predicted octanol–water partition coefficient (Wildman–Crippen LogP) is 0.413. The lowest BCUT2D eigenvalue weighted by molar-refractivity contribution is 0.0691. The SMILES string of the molecule is NCCC#Cc1c[nH]c(C(=O)O)c1. The number of hydrogen-bond donors (Lipinski definition) is 3. The van der Waals surface area contributed by atoms with E-state index in [9.17, 15) is 4.79 Å². The molecule has 0 bridgehead atoms. The van der Waals surface area contributed by atoms with Gasteiger partial charge in [0.1, 0.15) is 5.69 Å². The summed E-state index contributed by atoms with van der Waals surface area (Å²) < 4.78 is 0. The standard InChI is InChI=1S/C9H10N2O2/c10-4-2-1-3-7-5-8(9(12)13)11-6-7/h5-6,11H,2,4,10H2,(H,12,13). The van der Waals surface area contributed by atoms with Crippen LogP contribution in [0, 0.1) is 11.8 Å². The van der Waals surface area contributed by atoms with Gasteiger partial charge >= 0.3 is 5.97 Å². The van der Waals surface area contributed by atoms with Crippen LogP contribution in [0.15, 0.2) is 12.3 Å². The van der Waals surface area contributed by atoms with Gasteiger partial charge in [-0.15, -0.1) is 0 Å². The number of carbonyl (C=O) groups is 1. The molecule has 0 saturated heterocycles. The number of carboxylic acids is 1. The molecule has 4 N–H and O–H groups in total. The van der Waals surface area contributed by atoms with Crippen LogP contribution < -0.4 is 5.73 Å². The van der Waals surface area contributed by atoms with E-state index in [1.165, 1.54) is 6.07 Å². The van der Waals surface area contributed by atoms with Gasteiger partial charge in [-0.05, 0) is 6.07 Å². The van der Waals surface area contributed by atoms with E-state index in [-0.39, 0.29) is 5.69 Å². The third kappa shape index (κ3) is 2.65. The quantitative estimate of drug-likeness (QED) is 0.574. The first-order valence-corrected chi connectivity index (χ1v) is 3.84. The lowest BCUT2D eigenvalue weighted by Crippen LogP contribution is -1.95. The van der Waals surface area contributed by atoms with Crippen LogP contribution in [0.3, 0.4) is 0 Å². The maximum atomic E-state index is 10.4. The van der Waals surface area contributed by atoms with Crippen molar-refractivity contribution in [3.63, 3.8) is 0 Å². The van der Waals surface area contributed by atoms with Gasteiger partial charge in [-0.25, -0.2) is 4.79 Å². The summed E-state index contributed by atoms with van der Waals surface area (Å²) in [5.74, 6) is 4.63. The average Bonchev–Trinajstić information content (AvgIpc) is 2.53. The smallest absolute Gasteiger partial charge is 0.352 e. The molecule has 1 heterocycles. The Morgan fingerprint density at radius 1 is 1.69 bits per heavy atom. The van der Waals surface area contributed by atoms with Crippen molar-refractivity contribution in [2.24, 2.45) is 5.73 Å². The van der Waals surface area contributed by atoms with Crippen LogP contribution >= 0.6 is 0 Å². The van der Waals surface area contributed by atoms with Gasteiger partial charge in [0, 0.05) is 24.7 Å². The summed E-state index contributed by atoms with van der Waals surface area (Å²) >= 11 is 0. The zero-order valence-corrected chi connectivity index (χ0v) is 7.00. The van der Waals surface area contributed by atoms with E-state index in [1.54, 1.807) is 6.20 Å². The molecule has 0 atom stereocenters. The van der Waals surface area contributed by atoms with Crippen LogP contribution in [-0.4, -0.2) is 22.6 Å². The second kappa shape index (κ2) is 4.33. The number of rotatable bonds is 2. The van der Waals surface area contributed by atoms with Crippen molar-refractivity contribution in [1.29, 1.82) is 0 Å². The molecule has 1 aromatic heterocycles. The molecule has 1 aromatic rings. The van der Waals surface area contributed by atoms with Crippen LogP contribution in [-0.2, 0) is 0 Å². The Hall–Kier alpha value is -1.73. The zero-order valence-electron chi connectivity index (χ0n) is 7.00. The topological polar surface area (TPSA) is 79.1 Å². The van der Waals surface area contributed by atoms with Gasteiger partial charge < -0.3 is 15.8 Å². The maximum Gasteiger partial charge on any atom is 0.352 e. The minimum absolute atomic E-state index is 0.150. The largest absolute Gasteiger partial charge is 0.477 e. The second-order valence-corrected chi connectivity index (χ2v) is 2.45. The molecule has 0 fully saturated rings. The molecule has 0 saturated carbocycles. The third-order valence-corrected chi connectivity index (χ3v) is 1.42. The number of aromatic carboxylic acids is 1. The van der Waals surface area contributed by atoms with Crippen LogP contribution in [0.25, 0.3) is 0 Å². The Kier molecular flexibility index (Phi) is 3.12. The fraction of sp³-hybridized carbons (Fsp3) is 0.222. The van der Waals surface area contributed by atoms with Gasteiger partial charge in [0.05, 0.1) is 0 Å². The van der Waals surface area contributed by atoms with E-state index in [0.29, 0.717) is 18.5 Å². The Morgan fingerprint density at radius 2 is 2.46 bits per heavy atom. The summed E-state index contributed by atoms with van der Waals surface area (Å²) in [5.41, 5.74) is 6.06. The lowest BCUT2D eigenvalue weighted by Gasteiger charge is -1.81. The third-order valence-electron chi connectivity index (χ3n) is 1.42. The Balaban J connectivity index is 2.71. The van der Waals surface area contributed by atoms with Crippen LogP contribution in [0.4, 0.5) is 0 Å². The number of carboxylic acid groups (broad SMARTS) is 1. The predicted molar refractivity (Wildman–Crippen MR) is 48.3 cm³/mol. The molecule has 4 heteroatoms. The average molecular weight is 178 g/mol. The molecule has 0 radical (unpaired) electrons. The summed E-state index contributed by atoms with van der Waals surface area (Å²) in [5, 5.41) is 8.57. The number of H-pyrrole nitrogens is 1.